The maximum atomic E-state index is 10.6. The van der Waals surface area contributed by atoms with Crippen LogP contribution < -0.4 is 0 Å². The molecule has 2 heteroatoms. The molecule has 0 saturated heterocycles. The number of rotatable bonds is 4. The second kappa shape index (κ2) is 3.45. The Morgan fingerprint density at radius 1 is 1.29 bits per heavy atom. The van der Waals surface area contributed by atoms with Crippen molar-refractivity contribution in [2.75, 3.05) is 0 Å². The third kappa shape index (κ3) is 2.13. The Labute approximate surface area is 83.6 Å². The summed E-state index contributed by atoms with van der Waals surface area (Å²) in [4.78, 5) is 10.6. The summed E-state index contributed by atoms with van der Waals surface area (Å²) < 4.78 is 0. The molecule has 2 rings (SSSR count). The van der Waals surface area contributed by atoms with Crippen LogP contribution in [0.1, 0.15) is 24.8 Å². The summed E-state index contributed by atoms with van der Waals surface area (Å²) in [6.07, 6.45) is 3.37. The first-order valence-electron chi connectivity index (χ1n) is 4.96. The van der Waals surface area contributed by atoms with Crippen molar-refractivity contribution in [3.05, 3.63) is 35.9 Å². The normalized spacial score (nSPS) is 17.7. The van der Waals surface area contributed by atoms with Gasteiger partial charge in [-0.2, -0.15) is 0 Å². The molecule has 0 spiro atoms. The van der Waals surface area contributed by atoms with Gasteiger partial charge in [-0.15, -0.1) is 0 Å². The maximum Gasteiger partial charge on any atom is 0.303 e. The first kappa shape index (κ1) is 9.25. The van der Waals surface area contributed by atoms with Crippen LogP contribution in [0.25, 0.3) is 0 Å². The Morgan fingerprint density at radius 3 is 2.43 bits per heavy atom. The molecule has 1 aromatic carbocycles. The molecule has 2 nitrogen and oxygen atoms in total. The number of aliphatic carboxylic acids is 1. The molecule has 1 fully saturated rings. The number of hydrogen-bond acceptors (Lipinski definition) is 1. The molecule has 1 saturated carbocycles. The van der Waals surface area contributed by atoms with Crippen LogP contribution in [-0.4, -0.2) is 11.1 Å². The third-order valence-corrected chi connectivity index (χ3v) is 2.91. The number of benzene rings is 1. The molecule has 1 aromatic rings. The van der Waals surface area contributed by atoms with E-state index in [4.69, 9.17) is 5.11 Å². The monoisotopic (exact) mass is 190 g/mol. The standard InChI is InChI=1S/C12H14O2/c13-11(14)9-12(6-7-12)8-10-4-2-1-3-5-10/h1-5H,6-9H2,(H,13,14). The molecule has 1 aliphatic rings. The van der Waals surface area contributed by atoms with E-state index in [9.17, 15) is 4.79 Å². The first-order chi connectivity index (χ1) is 6.70. The lowest BCUT2D eigenvalue weighted by Crippen LogP contribution is -2.11. The van der Waals surface area contributed by atoms with Crippen LogP contribution >= 0.6 is 0 Å². The van der Waals surface area contributed by atoms with Gasteiger partial charge < -0.3 is 5.11 Å². The Morgan fingerprint density at radius 2 is 1.93 bits per heavy atom. The molecule has 0 atom stereocenters. The summed E-state index contributed by atoms with van der Waals surface area (Å²) in [5.74, 6) is -0.668. The van der Waals surface area contributed by atoms with Crippen LogP contribution in [0.2, 0.25) is 0 Å². The van der Waals surface area contributed by atoms with Gasteiger partial charge >= 0.3 is 5.97 Å². The fraction of sp³-hybridized carbons (Fsp3) is 0.417. The van der Waals surface area contributed by atoms with Crippen molar-refractivity contribution in [1.29, 1.82) is 0 Å². The average molecular weight is 190 g/mol. The van der Waals surface area contributed by atoms with Crippen molar-refractivity contribution < 1.29 is 9.90 Å². The topological polar surface area (TPSA) is 37.3 Å². The van der Waals surface area contributed by atoms with Crippen molar-refractivity contribution in [1.82, 2.24) is 0 Å². The van der Waals surface area contributed by atoms with E-state index in [0.29, 0.717) is 6.42 Å². The molecule has 0 radical (unpaired) electrons. The van der Waals surface area contributed by atoms with Crippen molar-refractivity contribution in [3.8, 4) is 0 Å². The van der Waals surface area contributed by atoms with Gasteiger partial charge in [-0.3, -0.25) is 4.79 Å². The highest BCUT2D eigenvalue weighted by molar-refractivity contribution is 5.68. The lowest BCUT2D eigenvalue weighted by atomic mass is 9.93. The highest BCUT2D eigenvalue weighted by Crippen LogP contribution is 2.51. The fourth-order valence-electron chi connectivity index (χ4n) is 1.94. The van der Waals surface area contributed by atoms with Gasteiger partial charge in [0.05, 0.1) is 6.42 Å². The average Bonchev–Trinajstić information content (AvgIpc) is 2.85. The molecule has 0 heterocycles. The fourth-order valence-corrected chi connectivity index (χ4v) is 1.94. The van der Waals surface area contributed by atoms with E-state index >= 15 is 0 Å². The highest BCUT2D eigenvalue weighted by Gasteiger charge is 2.44. The van der Waals surface area contributed by atoms with Gasteiger partial charge in [0.1, 0.15) is 0 Å². The number of hydrogen-bond donors (Lipinski definition) is 1. The SMILES string of the molecule is O=C(O)CC1(Cc2ccccc2)CC1. The van der Waals surface area contributed by atoms with Gasteiger partial charge in [0.15, 0.2) is 0 Å². The molecular formula is C12H14O2. The predicted molar refractivity (Wildman–Crippen MR) is 54.1 cm³/mol. The second-order valence-corrected chi connectivity index (χ2v) is 4.23. The third-order valence-electron chi connectivity index (χ3n) is 2.91. The molecule has 0 aliphatic heterocycles. The minimum Gasteiger partial charge on any atom is -0.481 e. The van der Waals surface area contributed by atoms with E-state index in [1.807, 2.05) is 18.2 Å². The van der Waals surface area contributed by atoms with E-state index < -0.39 is 5.97 Å². The van der Waals surface area contributed by atoms with E-state index in [0.717, 1.165) is 19.3 Å². The maximum absolute atomic E-state index is 10.6. The summed E-state index contributed by atoms with van der Waals surface area (Å²) in [6, 6.07) is 10.1. The number of carbonyl (C=O) groups is 1. The summed E-state index contributed by atoms with van der Waals surface area (Å²) in [5.41, 5.74) is 1.33. The Balaban J connectivity index is 2.01. The Bertz CT molecular complexity index is 325. The Kier molecular flexibility index (Phi) is 2.28. The smallest absolute Gasteiger partial charge is 0.303 e. The van der Waals surface area contributed by atoms with Crippen LogP contribution in [0.3, 0.4) is 0 Å². The molecule has 74 valence electrons. The zero-order valence-corrected chi connectivity index (χ0v) is 8.07. The Hall–Kier alpha value is -1.31. The minimum absolute atomic E-state index is 0.0766. The molecule has 0 bridgehead atoms. The molecule has 1 N–H and O–H groups in total. The predicted octanol–water partition coefficient (Wildman–Crippen LogP) is 2.48. The first-order valence-corrected chi connectivity index (χ1v) is 4.96. The van der Waals surface area contributed by atoms with Gasteiger partial charge in [-0.1, -0.05) is 30.3 Å². The summed E-state index contributed by atoms with van der Waals surface area (Å²) >= 11 is 0. The molecule has 14 heavy (non-hydrogen) atoms. The molecular weight excluding hydrogens is 176 g/mol. The van der Waals surface area contributed by atoms with Crippen molar-refractivity contribution in [2.24, 2.45) is 5.41 Å². The van der Waals surface area contributed by atoms with Crippen LogP contribution in [0.5, 0.6) is 0 Å². The summed E-state index contributed by atoms with van der Waals surface area (Å²) in [5, 5.41) is 8.77. The highest BCUT2D eigenvalue weighted by atomic mass is 16.4. The zero-order chi connectivity index (χ0) is 10.0. The van der Waals surface area contributed by atoms with Crippen molar-refractivity contribution in [3.63, 3.8) is 0 Å². The summed E-state index contributed by atoms with van der Waals surface area (Å²) in [6.45, 7) is 0. The lowest BCUT2D eigenvalue weighted by molar-refractivity contribution is -0.138. The summed E-state index contributed by atoms with van der Waals surface area (Å²) in [7, 11) is 0. The van der Waals surface area contributed by atoms with Crippen molar-refractivity contribution in [2.45, 2.75) is 25.7 Å². The van der Waals surface area contributed by atoms with Gasteiger partial charge in [0.2, 0.25) is 0 Å². The number of carboxylic acid groups (broad SMARTS) is 1. The van der Waals surface area contributed by atoms with Gasteiger partial charge in [-0.25, -0.2) is 0 Å². The molecule has 0 unspecified atom stereocenters. The zero-order valence-electron chi connectivity index (χ0n) is 8.07. The number of carboxylic acids is 1. The van der Waals surface area contributed by atoms with Crippen LogP contribution in [0, 0.1) is 5.41 Å². The largest absolute Gasteiger partial charge is 0.481 e. The van der Waals surface area contributed by atoms with E-state index in [1.54, 1.807) is 0 Å². The molecule has 0 aromatic heterocycles. The lowest BCUT2D eigenvalue weighted by Gasteiger charge is -2.11. The van der Waals surface area contributed by atoms with Crippen LogP contribution in [-0.2, 0) is 11.2 Å². The van der Waals surface area contributed by atoms with Gasteiger partial charge in [0.25, 0.3) is 0 Å². The molecule has 0 amide bonds. The van der Waals surface area contributed by atoms with Crippen LogP contribution in [0.4, 0.5) is 0 Å². The quantitative estimate of drug-likeness (QED) is 0.792. The van der Waals surface area contributed by atoms with E-state index in [2.05, 4.69) is 12.1 Å². The van der Waals surface area contributed by atoms with E-state index in [1.165, 1.54) is 5.56 Å². The van der Waals surface area contributed by atoms with Gasteiger partial charge in [-0.05, 0) is 30.2 Å². The minimum atomic E-state index is -0.668. The van der Waals surface area contributed by atoms with E-state index in [-0.39, 0.29) is 5.41 Å². The second-order valence-electron chi connectivity index (χ2n) is 4.23. The van der Waals surface area contributed by atoms with Gasteiger partial charge in [0, 0.05) is 0 Å². The van der Waals surface area contributed by atoms with Crippen molar-refractivity contribution >= 4 is 5.97 Å². The van der Waals surface area contributed by atoms with Crippen LogP contribution in [0.15, 0.2) is 30.3 Å². The molecule has 1 aliphatic carbocycles.